The highest BCUT2D eigenvalue weighted by molar-refractivity contribution is 6.30. The van der Waals surface area contributed by atoms with Gasteiger partial charge in [-0.3, -0.25) is 0 Å². The summed E-state index contributed by atoms with van der Waals surface area (Å²) >= 11 is 12.1. The van der Waals surface area contributed by atoms with Crippen LogP contribution in [0.3, 0.4) is 0 Å². The minimum atomic E-state index is 0.0987. The molecule has 1 aromatic carbocycles. The zero-order valence-corrected chi connectivity index (χ0v) is 8.15. The van der Waals surface area contributed by atoms with Gasteiger partial charge < -0.3 is 0 Å². The van der Waals surface area contributed by atoms with Gasteiger partial charge in [-0.05, 0) is 24.0 Å². The average Bonchev–Trinajstić information content (AvgIpc) is 2.07. The van der Waals surface area contributed by atoms with Crippen LogP contribution in [0.25, 0.3) is 0 Å². The molecule has 1 aliphatic rings. The molecule has 0 N–H and O–H groups in total. The lowest BCUT2D eigenvalue weighted by atomic mass is 9.91. The van der Waals surface area contributed by atoms with Gasteiger partial charge in [0, 0.05) is 0 Å². The van der Waals surface area contributed by atoms with Gasteiger partial charge in [0.05, 0.1) is 10.8 Å². The Balaban J connectivity index is 2.34. The highest BCUT2D eigenvalue weighted by atomic mass is 35.5. The average molecular weight is 201 g/mol. The van der Waals surface area contributed by atoms with Crippen LogP contribution in [0.4, 0.5) is 0 Å². The van der Waals surface area contributed by atoms with Crippen LogP contribution in [-0.2, 0) is 12.8 Å². The van der Waals surface area contributed by atoms with Crippen molar-refractivity contribution in [1.82, 2.24) is 0 Å². The zero-order valence-electron chi connectivity index (χ0n) is 6.63. The van der Waals surface area contributed by atoms with Gasteiger partial charge in [-0.25, -0.2) is 0 Å². The van der Waals surface area contributed by atoms with E-state index in [1.165, 1.54) is 11.1 Å². The third kappa shape index (κ3) is 1.46. The number of rotatable bonds is 0. The quantitative estimate of drug-likeness (QED) is 0.566. The van der Waals surface area contributed by atoms with Crippen molar-refractivity contribution in [1.29, 1.82) is 0 Å². The summed E-state index contributed by atoms with van der Waals surface area (Å²) in [6.07, 6.45) is 1.82. The monoisotopic (exact) mass is 200 g/mol. The van der Waals surface area contributed by atoms with Crippen LogP contribution >= 0.6 is 23.2 Å². The maximum absolute atomic E-state index is 6.06. The Bertz CT molecular complexity index is 254. The van der Waals surface area contributed by atoms with Gasteiger partial charge in [-0.15, -0.1) is 23.2 Å². The first-order valence-corrected chi connectivity index (χ1v) is 4.99. The molecule has 0 amide bonds. The number of halogens is 2. The van der Waals surface area contributed by atoms with E-state index in [0.717, 1.165) is 12.8 Å². The number of alkyl halides is 2. The topological polar surface area (TPSA) is 0 Å². The summed E-state index contributed by atoms with van der Waals surface area (Å²) in [6.45, 7) is 0. The summed E-state index contributed by atoms with van der Waals surface area (Å²) in [4.78, 5) is 0. The van der Waals surface area contributed by atoms with Gasteiger partial charge >= 0.3 is 0 Å². The van der Waals surface area contributed by atoms with Crippen LogP contribution in [0.15, 0.2) is 24.3 Å². The fraction of sp³-hybridized carbons (Fsp3) is 0.400. The van der Waals surface area contributed by atoms with E-state index in [4.69, 9.17) is 23.2 Å². The molecule has 2 atom stereocenters. The third-order valence-corrected chi connectivity index (χ3v) is 3.39. The molecule has 1 aromatic rings. The maximum Gasteiger partial charge on any atom is 0.0543 e. The summed E-state index contributed by atoms with van der Waals surface area (Å²) in [6, 6.07) is 8.37. The third-order valence-electron chi connectivity index (χ3n) is 2.34. The lowest BCUT2D eigenvalue weighted by Crippen LogP contribution is -2.26. The van der Waals surface area contributed by atoms with Gasteiger partial charge in [0.25, 0.3) is 0 Å². The summed E-state index contributed by atoms with van der Waals surface area (Å²) in [5.41, 5.74) is 2.71. The minimum absolute atomic E-state index is 0.0987. The Morgan fingerprint density at radius 2 is 1.33 bits per heavy atom. The van der Waals surface area contributed by atoms with Crippen LogP contribution < -0.4 is 0 Å². The molecule has 0 heterocycles. The first-order chi connectivity index (χ1) is 5.77. The Hall–Kier alpha value is -0.200. The fourth-order valence-corrected chi connectivity index (χ4v) is 2.14. The Labute approximate surface area is 82.5 Å². The van der Waals surface area contributed by atoms with Gasteiger partial charge in [-0.2, -0.15) is 0 Å². The first kappa shape index (κ1) is 8.40. The van der Waals surface area contributed by atoms with Crippen LogP contribution in [-0.4, -0.2) is 10.8 Å². The molecule has 0 bridgehead atoms. The van der Waals surface area contributed by atoms with Crippen LogP contribution in [0.2, 0.25) is 0 Å². The molecule has 0 saturated heterocycles. The summed E-state index contributed by atoms with van der Waals surface area (Å²) in [7, 11) is 0. The molecule has 64 valence electrons. The summed E-state index contributed by atoms with van der Waals surface area (Å²) in [5.74, 6) is 0. The molecule has 0 saturated carbocycles. The molecule has 0 aromatic heterocycles. The molecule has 0 aliphatic heterocycles. The molecule has 12 heavy (non-hydrogen) atoms. The predicted octanol–water partition coefficient (Wildman–Crippen LogP) is 3.00. The van der Waals surface area contributed by atoms with E-state index in [2.05, 4.69) is 24.3 Å². The minimum Gasteiger partial charge on any atom is -0.121 e. The van der Waals surface area contributed by atoms with E-state index in [1.807, 2.05) is 0 Å². The van der Waals surface area contributed by atoms with Crippen LogP contribution in [0.5, 0.6) is 0 Å². The van der Waals surface area contributed by atoms with Crippen molar-refractivity contribution in [3.05, 3.63) is 35.4 Å². The smallest absolute Gasteiger partial charge is 0.0543 e. The van der Waals surface area contributed by atoms with E-state index in [0.29, 0.717) is 0 Å². The molecule has 0 fully saturated rings. The second-order valence-corrected chi connectivity index (χ2v) is 4.33. The van der Waals surface area contributed by atoms with Gasteiger partial charge in [-0.1, -0.05) is 24.3 Å². The predicted molar refractivity (Wildman–Crippen MR) is 53.1 cm³/mol. The van der Waals surface area contributed by atoms with Crippen molar-refractivity contribution in [2.75, 3.05) is 0 Å². The van der Waals surface area contributed by atoms with E-state index < -0.39 is 0 Å². The van der Waals surface area contributed by atoms with Crippen LogP contribution in [0.1, 0.15) is 11.1 Å². The highest BCUT2D eigenvalue weighted by Gasteiger charge is 2.24. The van der Waals surface area contributed by atoms with Gasteiger partial charge in [0.15, 0.2) is 0 Å². The molecule has 2 rings (SSSR count). The number of fused-ring (bicyclic) bond motifs is 1. The van der Waals surface area contributed by atoms with Crippen molar-refractivity contribution in [3.8, 4) is 0 Å². The lowest BCUT2D eigenvalue weighted by Gasteiger charge is -2.24. The van der Waals surface area contributed by atoms with E-state index in [-0.39, 0.29) is 10.8 Å². The largest absolute Gasteiger partial charge is 0.121 e. The van der Waals surface area contributed by atoms with Crippen molar-refractivity contribution in [3.63, 3.8) is 0 Å². The second kappa shape index (κ2) is 3.27. The van der Waals surface area contributed by atoms with Crippen molar-refractivity contribution in [2.45, 2.75) is 23.6 Å². The maximum atomic E-state index is 6.06. The lowest BCUT2D eigenvalue weighted by molar-refractivity contribution is 0.703. The Morgan fingerprint density at radius 3 is 1.75 bits per heavy atom. The molecule has 1 aliphatic carbocycles. The van der Waals surface area contributed by atoms with Crippen molar-refractivity contribution < 1.29 is 0 Å². The summed E-state index contributed by atoms with van der Waals surface area (Å²) in [5, 5.41) is 0.197. The highest BCUT2D eigenvalue weighted by Crippen LogP contribution is 2.27. The molecular formula is C10H10Cl2. The number of benzene rings is 1. The normalized spacial score (nSPS) is 28.2. The Kier molecular flexibility index (Phi) is 2.29. The zero-order chi connectivity index (χ0) is 8.55. The molecule has 1 unspecified atom stereocenters. The van der Waals surface area contributed by atoms with Gasteiger partial charge in [0.1, 0.15) is 0 Å². The number of hydrogen-bond acceptors (Lipinski definition) is 0. The van der Waals surface area contributed by atoms with Crippen molar-refractivity contribution in [2.24, 2.45) is 0 Å². The van der Waals surface area contributed by atoms with Crippen molar-refractivity contribution >= 4 is 23.2 Å². The molecular weight excluding hydrogens is 191 g/mol. The molecule has 2 heteroatoms. The molecule has 0 radical (unpaired) electrons. The second-order valence-electron chi connectivity index (χ2n) is 3.21. The van der Waals surface area contributed by atoms with Crippen LogP contribution in [0, 0.1) is 0 Å². The summed E-state index contributed by atoms with van der Waals surface area (Å²) < 4.78 is 0. The SMILES string of the molecule is ClC1Cc2ccccc2C[C@H]1Cl. The Morgan fingerprint density at radius 1 is 0.917 bits per heavy atom. The first-order valence-electron chi connectivity index (χ1n) is 4.12. The van der Waals surface area contributed by atoms with Gasteiger partial charge in [0.2, 0.25) is 0 Å². The number of hydrogen-bond donors (Lipinski definition) is 0. The van der Waals surface area contributed by atoms with E-state index >= 15 is 0 Å². The standard InChI is InChI=1S/C10H10Cl2/c11-9-5-7-3-1-2-4-8(7)6-10(9)12/h1-4,9-10H,5-6H2/t9-,10?/m1/s1. The molecule has 0 nitrogen and oxygen atoms in total. The fourth-order valence-electron chi connectivity index (χ4n) is 1.63. The molecule has 0 spiro atoms. The van der Waals surface area contributed by atoms with E-state index in [1.54, 1.807) is 0 Å². The van der Waals surface area contributed by atoms with E-state index in [9.17, 15) is 0 Å².